The highest BCUT2D eigenvalue weighted by molar-refractivity contribution is 7.88. The molecule has 1 aliphatic heterocycles. The van der Waals surface area contributed by atoms with Gasteiger partial charge in [-0.2, -0.15) is 0 Å². The highest BCUT2D eigenvalue weighted by Gasteiger charge is 2.38. The molecule has 2 N–H and O–H groups in total. The third-order valence-electron chi connectivity index (χ3n) is 5.10. The molecule has 0 bridgehead atoms. The smallest absolute Gasteiger partial charge is 0.211 e. The third kappa shape index (κ3) is 4.65. The van der Waals surface area contributed by atoms with Gasteiger partial charge in [0, 0.05) is 13.1 Å². The first kappa shape index (κ1) is 17.2. The molecular formula is C15H29NO4S. The topological polar surface area (TPSA) is 77.8 Å². The van der Waals surface area contributed by atoms with Crippen LogP contribution in [0.5, 0.6) is 0 Å². The highest BCUT2D eigenvalue weighted by Crippen LogP contribution is 2.34. The molecule has 124 valence electrons. The number of sulfonamides is 1. The first-order valence-corrected chi connectivity index (χ1v) is 10.0. The molecule has 6 heteroatoms. The van der Waals surface area contributed by atoms with Crippen LogP contribution in [-0.4, -0.2) is 54.0 Å². The van der Waals surface area contributed by atoms with Crippen molar-refractivity contribution in [3.8, 4) is 0 Å². The second-order valence-corrected chi connectivity index (χ2v) is 8.88. The van der Waals surface area contributed by atoms with E-state index >= 15 is 0 Å². The number of nitrogens with zero attached hydrogens (tertiary/aromatic N) is 1. The molecule has 1 saturated heterocycles. The van der Waals surface area contributed by atoms with Gasteiger partial charge in [-0.05, 0) is 38.0 Å². The lowest BCUT2D eigenvalue weighted by Gasteiger charge is -2.37. The molecule has 0 radical (unpaired) electrons. The Hall–Kier alpha value is -0.170. The van der Waals surface area contributed by atoms with Crippen molar-refractivity contribution in [3.63, 3.8) is 0 Å². The number of piperidine rings is 1. The molecule has 0 aromatic heterocycles. The van der Waals surface area contributed by atoms with E-state index in [-0.39, 0.29) is 5.92 Å². The molecule has 1 aliphatic carbocycles. The van der Waals surface area contributed by atoms with Crippen LogP contribution in [0.4, 0.5) is 0 Å². The van der Waals surface area contributed by atoms with Crippen LogP contribution >= 0.6 is 0 Å². The van der Waals surface area contributed by atoms with Crippen LogP contribution in [-0.2, 0) is 10.0 Å². The van der Waals surface area contributed by atoms with Crippen LogP contribution in [0.3, 0.4) is 0 Å². The molecule has 2 atom stereocenters. The zero-order chi connectivity index (χ0) is 15.5. The Morgan fingerprint density at radius 2 is 1.81 bits per heavy atom. The van der Waals surface area contributed by atoms with E-state index in [0.29, 0.717) is 32.4 Å². The zero-order valence-electron chi connectivity index (χ0n) is 13.0. The number of aliphatic hydroxyl groups is 2. The summed E-state index contributed by atoms with van der Waals surface area (Å²) in [5.74, 6) is 0.149. The third-order valence-corrected chi connectivity index (χ3v) is 6.37. The van der Waals surface area contributed by atoms with Crippen molar-refractivity contribution in [2.45, 2.75) is 69.5 Å². The predicted octanol–water partition coefficient (Wildman–Crippen LogP) is 1.49. The largest absolute Gasteiger partial charge is 0.390 e. The van der Waals surface area contributed by atoms with E-state index in [1.54, 1.807) is 0 Å². The summed E-state index contributed by atoms with van der Waals surface area (Å²) in [6.07, 6.45) is 8.28. The number of hydrogen-bond donors (Lipinski definition) is 2. The van der Waals surface area contributed by atoms with E-state index in [4.69, 9.17) is 0 Å². The maximum atomic E-state index is 11.6. The second-order valence-electron chi connectivity index (χ2n) is 6.90. The van der Waals surface area contributed by atoms with Crippen molar-refractivity contribution in [3.05, 3.63) is 0 Å². The van der Waals surface area contributed by atoms with Gasteiger partial charge in [0.25, 0.3) is 0 Å². The van der Waals surface area contributed by atoms with Crippen molar-refractivity contribution < 1.29 is 18.6 Å². The van der Waals surface area contributed by atoms with Crippen molar-refractivity contribution in [1.82, 2.24) is 4.31 Å². The minimum atomic E-state index is -3.15. The summed E-state index contributed by atoms with van der Waals surface area (Å²) in [5, 5.41) is 21.2. The number of aliphatic hydroxyl groups excluding tert-OH is 1. The summed E-state index contributed by atoms with van der Waals surface area (Å²) in [6, 6.07) is 0. The van der Waals surface area contributed by atoms with Crippen molar-refractivity contribution in [2.24, 2.45) is 5.92 Å². The monoisotopic (exact) mass is 319 g/mol. The summed E-state index contributed by atoms with van der Waals surface area (Å²) in [4.78, 5) is 0. The molecule has 1 heterocycles. The normalized spacial score (nSPS) is 29.8. The molecular weight excluding hydrogens is 290 g/mol. The average molecular weight is 319 g/mol. The lowest BCUT2D eigenvalue weighted by atomic mass is 9.82. The van der Waals surface area contributed by atoms with Crippen molar-refractivity contribution >= 4 is 10.0 Å². The Balaban J connectivity index is 1.93. The standard InChI is InChI=1S/C15H29NO4S/c1-21(19,20)16-10-6-7-13(12-16)11-14(17)15(18)8-4-2-3-5-9-15/h13-14,17-18H,2-12H2,1H3. The summed E-state index contributed by atoms with van der Waals surface area (Å²) in [5.41, 5.74) is -0.968. The molecule has 1 saturated carbocycles. The summed E-state index contributed by atoms with van der Waals surface area (Å²) < 4.78 is 24.8. The van der Waals surface area contributed by atoms with E-state index in [1.165, 1.54) is 10.6 Å². The number of rotatable bonds is 4. The Labute approximate surface area is 128 Å². The predicted molar refractivity (Wildman–Crippen MR) is 82.4 cm³/mol. The fourth-order valence-corrected chi connectivity index (χ4v) is 4.67. The molecule has 0 aromatic carbocycles. The molecule has 2 fully saturated rings. The van der Waals surface area contributed by atoms with E-state index < -0.39 is 21.7 Å². The Morgan fingerprint density at radius 1 is 1.19 bits per heavy atom. The van der Waals surface area contributed by atoms with E-state index in [9.17, 15) is 18.6 Å². The van der Waals surface area contributed by atoms with Gasteiger partial charge in [0.05, 0.1) is 18.0 Å². The van der Waals surface area contributed by atoms with Crippen LogP contribution in [0, 0.1) is 5.92 Å². The second kappa shape index (κ2) is 6.94. The van der Waals surface area contributed by atoms with Gasteiger partial charge < -0.3 is 10.2 Å². The molecule has 2 aliphatic rings. The Bertz CT molecular complexity index is 429. The van der Waals surface area contributed by atoms with Crippen molar-refractivity contribution in [2.75, 3.05) is 19.3 Å². The minimum Gasteiger partial charge on any atom is -0.390 e. The average Bonchev–Trinajstić information content (AvgIpc) is 2.64. The van der Waals surface area contributed by atoms with E-state index in [2.05, 4.69) is 0 Å². The summed E-state index contributed by atoms with van der Waals surface area (Å²) >= 11 is 0. The van der Waals surface area contributed by atoms with Gasteiger partial charge in [0.15, 0.2) is 0 Å². The van der Waals surface area contributed by atoms with Gasteiger partial charge in [-0.15, -0.1) is 0 Å². The van der Waals surface area contributed by atoms with Crippen LogP contribution in [0.25, 0.3) is 0 Å². The first-order chi connectivity index (χ1) is 9.81. The highest BCUT2D eigenvalue weighted by atomic mass is 32.2. The fraction of sp³-hybridized carbons (Fsp3) is 1.00. The lowest BCUT2D eigenvalue weighted by molar-refractivity contribution is -0.0946. The molecule has 0 amide bonds. The van der Waals surface area contributed by atoms with Crippen LogP contribution in [0.2, 0.25) is 0 Å². The van der Waals surface area contributed by atoms with Crippen molar-refractivity contribution in [1.29, 1.82) is 0 Å². The van der Waals surface area contributed by atoms with Gasteiger partial charge in [0.2, 0.25) is 10.0 Å². The summed E-state index contributed by atoms with van der Waals surface area (Å²) in [6.45, 7) is 1.06. The maximum absolute atomic E-state index is 11.6. The SMILES string of the molecule is CS(=O)(=O)N1CCCC(CC(O)C2(O)CCCCCC2)C1. The Kier molecular flexibility index (Phi) is 5.68. The quantitative estimate of drug-likeness (QED) is 0.770. The maximum Gasteiger partial charge on any atom is 0.211 e. The molecule has 2 rings (SSSR count). The van der Waals surface area contributed by atoms with Crippen LogP contribution in [0.15, 0.2) is 0 Å². The van der Waals surface area contributed by atoms with Gasteiger partial charge in [0.1, 0.15) is 0 Å². The zero-order valence-corrected chi connectivity index (χ0v) is 13.8. The minimum absolute atomic E-state index is 0.149. The molecule has 0 aromatic rings. The molecule has 2 unspecified atom stereocenters. The van der Waals surface area contributed by atoms with Gasteiger partial charge in [-0.25, -0.2) is 12.7 Å². The Morgan fingerprint density at radius 3 is 2.38 bits per heavy atom. The molecule has 5 nitrogen and oxygen atoms in total. The molecule has 21 heavy (non-hydrogen) atoms. The fourth-order valence-electron chi connectivity index (χ4n) is 3.73. The lowest BCUT2D eigenvalue weighted by Crippen LogP contribution is -2.46. The first-order valence-electron chi connectivity index (χ1n) is 8.17. The van der Waals surface area contributed by atoms with Gasteiger partial charge >= 0.3 is 0 Å². The van der Waals surface area contributed by atoms with E-state index in [0.717, 1.165) is 38.5 Å². The summed E-state index contributed by atoms with van der Waals surface area (Å²) in [7, 11) is -3.15. The van der Waals surface area contributed by atoms with Gasteiger partial charge in [-0.3, -0.25) is 0 Å². The van der Waals surface area contributed by atoms with Gasteiger partial charge in [-0.1, -0.05) is 25.7 Å². The molecule has 0 spiro atoms. The number of hydrogen-bond acceptors (Lipinski definition) is 4. The van der Waals surface area contributed by atoms with Crippen LogP contribution in [0.1, 0.15) is 57.8 Å². The van der Waals surface area contributed by atoms with E-state index in [1.807, 2.05) is 0 Å². The van der Waals surface area contributed by atoms with Crippen LogP contribution < -0.4 is 0 Å².